The monoisotopic (exact) mass is 294 g/mol. The van der Waals surface area contributed by atoms with Gasteiger partial charge in [0, 0.05) is 25.0 Å². The summed E-state index contributed by atoms with van der Waals surface area (Å²) >= 11 is 0. The summed E-state index contributed by atoms with van der Waals surface area (Å²) in [5, 5.41) is 0. The SMILES string of the molecule is Cc1ccccc1S(=O)(=O)NC1CC(=O)N(C2CC2)C1. The first-order valence-corrected chi connectivity index (χ1v) is 8.33. The van der Waals surface area contributed by atoms with Crippen molar-refractivity contribution in [2.24, 2.45) is 0 Å². The molecule has 1 unspecified atom stereocenters. The molecule has 3 rings (SSSR count). The number of hydrogen-bond acceptors (Lipinski definition) is 3. The lowest BCUT2D eigenvalue weighted by Gasteiger charge is -2.16. The summed E-state index contributed by atoms with van der Waals surface area (Å²) in [5.74, 6) is 0.0602. The smallest absolute Gasteiger partial charge is 0.241 e. The van der Waals surface area contributed by atoms with Gasteiger partial charge in [-0.3, -0.25) is 4.79 Å². The summed E-state index contributed by atoms with van der Waals surface area (Å²) in [4.78, 5) is 13.9. The molecule has 1 aliphatic carbocycles. The number of nitrogens with one attached hydrogen (secondary N) is 1. The fourth-order valence-corrected chi connectivity index (χ4v) is 4.16. The molecular weight excluding hydrogens is 276 g/mol. The Morgan fingerprint density at radius 3 is 2.60 bits per heavy atom. The van der Waals surface area contributed by atoms with Crippen LogP contribution in [0.4, 0.5) is 0 Å². The Bertz CT molecular complexity index is 638. The lowest BCUT2D eigenvalue weighted by molar-refractivity contribution is -0.128. The van der Waals surface area contributed by atoms with Crippen LogP contribution in [0.1, 0.15) is 24.8 Å². The van der Waals surface area contributed by atoms with Crippen molar-refractivity contribution >= 4 is 15.9 Å². The van der Waals surface area contributed by atoms with E-state index in [0.29, 0.717) is 18.2 Å². The third-order valence-electron chi connectivity index (χ3n) is 3.85. The normalized spacial score (nSPS) is 23.4. The maximum Gasteiger partial charge on any atom is 0.241 e. The molecule has 20 heavy (non-hydrogen) atoms. The predicted molar refractivity (Wildman–Crippen MR) is 74.6 cm³/mol. The largest absolute Gasteiger partial charge is 0.338 e. The van der Waals surface area contributed by atoms with E-state index in [2.05, 4.69) is 4.72 Å². The minimum Gasteiger partial charge on any atom is -0.338 e. The third kappa shape index (κ3) is 2.58. The van der Waals surface area contributed by atoms with Crippen LogP contribution in [-0.2, 0) is 14.8 Å². The number of amides is 1. The van der Waals surface area contributed by atoms with Crippen molar-refractivity contribution in [1.82, 2.24) is 9.62 Å². The molecule has 2 fully saturated rings. The Hall–Kier alpha value is -1.40. The molecule has 1 aliphatic heterocycles. The summed E-state index contributed by atoms with van der Waals surface area (Å²) in [6.07, 6.45) is 2.35. The first kappa shape index (κ1) is 13.6. The first-order valence-electron chi connectivity index (χ1n) is 6.85. The van der Waals surface area contributed by atoms with Crippen molar-refractivity contribution < 1.29 is 13.2 Å². The van der Waals surface area contributed by atoms with Crippen molar-refractivity contribution in [3.05, 3.63) is 29.8 Å². The Labute approximate surface area is 119 Å². The molecule has 1 N–H and O–H groups in total. The van der Waals surface area contributed by atoms with Crippen LogP contribution in [0, 0.1) is 6.92 Å². The minimum absolute atomic E-state index is 0.0602. The third-order valence-corrected chi connectivity index (χ3v) is 5.53. The highest BCUT2D eigenvalue weighted by molar-refractivity contribution is 7.89. The summed E-state index contributed by atoms with van der Waals surface area (Å²) in [6, 6.07) is 6.90. The van der Waals surface area contributed by atoms with Gasteiger partial charge in [0.15, 0.2) is 0 Å². The summed E-state index contributed by atoms with van der Waals surface area (Å²) in [6.45, 7) is 2.26. The quantitative estimate of drug-likeness (QED) is 0.902. The Morgan fingerprint density at radius 1 is 1.25 bits per heavy atom. The molecule has 108 valence electrons. The summed E-state index contributed by atoms with van der Waals surface area (Å²) < 4.78 is 27.4. The highest BCUT2D eigenvalue weighted by Crippen LogP contribution is 2.31. The number of carbonyl (C=O) groups is 1. The number of aryl methyl sites for hydroxylation is 1. The second kappa shape index (κ2) is 4.86. The molecule has 1 amide bonds. The van der Waals surface area contributed by atoms with E-state index in [1.807, 2.05) is 11.0 Å². The molecule has 1 aromatic rings. The van der Waals surface area contributed by atoms with Crippen molar-refractivity contribution in [3.63, 3.8) is 0 Å². The number of likely N-dealkylation sites (tertiary alicyclic amines) is 1. The lowest BCUT2D eigenvalue weighted by atomic mass is 10.2. The van der Waals surface area contributed by atoms with Crippen molar-refractivity contribution in [1.29, 1.82) is 0 Å². The van der Waals surface area contributed by atoms with E-state index < -0.39 is 10.0 Å². The Balaban J connectivity index is 1.74. The van der Waals surface area contributed by atoms with E-state index in [1.165, 1.54) is 0 Å². The van der Waals surface area contributed by atoms with Crippen molar-refractivity contribution in [2.75, 3.05) is 6.54 Å². The van der Waals surface area contributed by atoms with Crippen LogP contribution in [-0.4, -0.2) is 37.9 Å². The number of nitrogens with zero attached hydrogens (tertiary/aromatic N) is 1. The molecule has 0 radical (unpaired) electrons. The molecule has 0 bridgehead atoms. The molecule has 1 aromatic carbocycles. The average molecular weight is 294 g/mol. The highest BCUT2D eigenvalue weighted by atomic mass is 32.2. The zero-order chi connectivity index (χ0) is 14.3. The van der Waals surface area contributed by atoms with Gasteiger partial charge >= 0.3 is 0 Å². The lowest BCUT2D eigenvalue weighted by Crippen LogP contribution is -2.37. The maximum absolute atomic E-state index is 12.4. The zero-order valence-electron chi connectivity index (χ0n) is 11.4. The van der Waals surface area contributed by atoms with Gasteiger partial charge in [0.1, 0.15) is 0 Å². The van der Waals surface area contributed by atoms with Crippen LogP contribution in [0.2, 0.25) is 0 Å². The Morgan fingerprint density at radius 2 is 1.95 bits per heavy atom. The molecule has 1 heterocycles. The summed E-state index contributed by atoms with van der Waals surface area (Å²) in [7, 11) is -3.56. The molecule has 1 saturated carbocycles. The van der Waals surface area contributed by atoms with Crippen LogP contribution < -0.4 is 4.72 Å². The van der Waals surface area contributed by atoms with Gasteiger partial charge in [-0.2, -0.15) is 0 Å². The molecular formula is C14H18N2O3S. The van der Waals surface area contributed by atoms with Gasteiger partial charge < -0.3 is 4.90 Å². The van der Waals surface area contributed by atoms with Crippen LogP contribution in [0.25, 0.3) is 0 Å². The molecule has 6 heteroatoms. The Kier molecular flexibility index (Phi) is 3.30. The molecule has 0 spiro atoms. The van der Waals surface area contributed by atoms with Crippen molar-refractivity contribution in [2.45, 2.75) is 43.2 Å². The summed E-state index contributed by atoms with van der Waals surface area (Å²) in [5.41, 5.74) is 0.711. The fraction of sp³-hybridized carbons (Fsp3) is 0.500. The van der Waals surface area contributed by atoms with Crippen LogP contribution in [0.15, 0.2) is 29.2 Å². The van der Waals surface area contributed by atoms with E-state index in [-0.39, 0.29) is 23.3 Å². The van der Waals surface area contributed by atoms with Gasteiger partial charge in [0.25, 0.3) is 0 Å². The van der Waals surface area contributed by atoms with Gasteiger partial charge in [0.05, 0.1) is 4.90 Å². The highest BCUT2D eigenvalue weighted by Gasteiger charge is 2.40. The number of hydrogen-bond donors (Lipinski definition) is 1. The van der Waals surface area contributed by atoms with Crippen LogP contribution in [0.3, 0.4) is 0 Å². The molecule has 0 aromatic heterocycles. The van der Waals surface area contributed by atoms with E-state index in [1.54, 1.807) is 25.1 Å². The number of benzene rings is 1. The van der Waals surface area contributed by atoms with Gasteiger partial charge in [-0.25, -0.2) is 13.1 Å². The van der Waals surface area contributed by atoms with Gasteiger partial charge in [0.2, 0.25) is 15.9 Å². The number of sulfonamides is 1. The minimum atomic E-state index is -3.56. The zero-order valence-corrected chi connectivity index (χ0v) is 12.2. The molecule has 1 atom stereocenters. The fourth-order valence-electron chi connectivity index (χ4n) is 2.69. The first-order chi connectivity index (χ1) is 9.47. The van der Waals surface area contributed by atoms with Crippen LogP contribution in [0.5, 0.6) is 0 Å². The molecule has 2 aliphatic rings. The number of carbonyl (C=O) groups excluding carboxylic acids is 1. The average Bonchev–Trinajstić information content (AvgIpc) is 3.14. The number of rotatable bonds is 4. The van der Waals surface area contributed by atoms with E-state index >= 15 is 0 Å². The molecule has 5 nitrogen and oxygen atoms in total. The van der Waals surface area contributed by atoms with E-state index in [0.717, 1.165) is 12.8 Å². The predicted octanol–water partition coefficient (Wildman–Crippen LogP) is 1.04. The topological polar surface area (TPSA) is 66.5 Å². The standard InChI is InChI=1S/C14H18N2O3S/c1-10-4-2-3-5-13(10)20(18,19)15-11-8-14(17)16(9-11)12-6-7-12/h2-5,11-12,15H,6-9H2,1H3. The second-order valence-corrected chi connectivity index (χ2v) is 7.25. The molecule has 1 saturated heterocycles. The van der Waals surface area contributed by atoms with E-state index in [4.69, 9.17) is 0 Å². The van der Waals surface area contributed by atoms with Gasteiger partial charge in [-0.05, 0) is 31.4 Å². The van der Waals surface area contributed by atoms with Crippen LogP contribution >= 0.6 is 0 Å². The van der Waals surface area contributed by atoms with Crippen molar-refractivity contribution in [3.8, 4) is 0 Å². The van der Waals surface area contributed by atoms with E-state index in [9.17, 15) is 13.2 Å². The second-order valence-electron chi connectivity index (χ2n) is 5.57. The maximum atomic E-state index is 12.4. The van der Waals surface area contributed by atoms with Gasteiger partial charge in [-0.15, -0.1) is 0 Å². The van der Waals surface area contributed by atoms with Gasteiger partial charge in [-0.1, -0.05) is 18.2 Å².